The number of amides is 5. The number of hydrogen-bond donors (Lipinski definition) is 3. The van der Waals surface area contributed by atoms with Gasteiger partial charge in [0.05, 0.1) is 16.6 Å². The summed E-state index contributed by atoms with van der Waals surface area (Å²) in [7, 11) is 1.25. The lowest BCUT2D eigenvalue weighted by Gasteiger charge is -2.46. The van der Waals surface area contributed by atoms with E-state index in [9.17, 15) is 56.9 Å². The molecule has 2 fully saturated rings. The van der Waals surface area contributed by atoms with Crippen LogP contribution < -0.4 is 15.0 Å². The molecule has 20 heteroatoms. The highest BCUT2D eigenvalue weighted by Crippen LogP contribution is 2.38. The predicted molar refractivity (Wildman–Crippen MR) is 203 cm³/mol. The van der Waals surface area contributed by atoms with Crippen molar-refractivity contribution in [2.45, 2.75) is 43.6 Å². The average molecular weight is 863 g/mol. The van der Waals surface area contributed by atoms with Gasteiger partial charge in [-0.15, -0.1) is 0 Å². The minimum absolute atomic E-state index is 0.0750. The summed E-state index contributed by atoms with van der Waals surface area (Å²) in [5, 5.41) is 21.7. The zero-order chi connectivity index (χ0) is 43.0. The van der Waals surface area contributed by atoms with Gasteiger partial charge in [0.15, 0.2) is 5.41 Å². The SMILES string of the molecule is CN1C(=O)c2ccc(cc2)OC[C@@H]2C[C@@H](NC(=O)c3cccc(Cl)c3)CN2C(=O)CN(c2ccc(Cl)c(C(F)(F)F)c2)C(=O)CC[C@H]1C(=O)N1CC(C(=O)O)(C(=O)O)C1. The largest absolute Gasteiger partial charge is 0.491 e. The Morgan fingerprint density at radius 3 is 2.22 bits per heavy atom. The third-order valence-electron chi connectivity index (χ3n) is 10.6. The maximum absolute atomic E-state index is 14.3. The first kappa shape index (κ1) is 42.7. The molecule has 0 unspecified atom stereocenters. The molecule has 2 saturated heterocycles. The van der Waals surface area contributed by atoms with E-state index in [0.717, 1.165) is 26.8 Å². The Hall–Kier alpha value is -5.88. The number of carbonyl (C=O) groups excluding carboxylic acids is 5. The molecule has 0 saturated carbocycles. The number of nitrogens with one attached hydrogen (secondary N) is 1. The average Bonchev–Trinajstić information content (AvgIpc) is 3.57. The predicted octanol–water partition coefficient (Wildman–Crippen LogP) is 4.06. The molecule has 0 aliphatic carbocycles. The molecule has 4 aliphatic rings. The molecule has 7 rings (SSSR count). The first-order valence-electron chi connectivity index (χ1n) is 18.1. The lowest BCUT2D eigenvalue weighted by molar-refractivity contribution is -0.181. The van der Waals surface area contributed by atoms with Crippen molar-refractivity contribution < 1.29 is 61.7 Å². The van der Waals surface area contributed by atoms with E-state index < -0.39 is 114 Å². The number of likely N-dealkylation sites (N-methyl/N-ethyl adjacent to an activating group) is 1. The Labute approximate surface area is 344 Å². The van der Waals surface area contributed by atoms with Crippen molar-refractivity contribution in [3.05, 3.63) is 93.5 Å². The standard InChI is InChI=1S/C39H36Cl2F3N5O10/c1-46-30(35(54)47-19-38(20-47,36(55)56)37(57)58)11-12-31(50)49(25-7-10-29(41)28(15-25)39(42,43)44)17-32(51)48-16-24(45-33(52)22-3-2-4-23(40)13-22)14-26(48)18-59-27-8-5-21(6-9-27)34(46)53/h2-10,13,15,24,26,30H,11-12,14,16-20H2,1H3,(H,45,52)(H,55,56)(H,57,58)/t24-,26+,30+/m1/s1. The van der Waals surface area contributed by atoms with Crippen LogP contribution in [0, 0.1) is 5.41 Å². The van der Waals surface area contributed by atoms with Crippen LogP contribution in [-0.2, 0) is 30.1 Å². The summed E-state index contributed by atoms with van der Waals surface area (Å²) >= 11 is 12.0. The third-order valence-corrected chi connectivity index (χ3v) is 11.2. The van der Waals surface area contributed by atoms with Crippen molar-refractivity contribution >= 4 is 70.4 Å². The van der Waals surface area contributed by atoms with Crippen LogP contribution in [0.25, 0.3) is 0 Å². The second kappa shape index (κ2) is 16.8. The number of fused-ring (bicyclic) bond motifs is 11. The van der Waals surface area contributed by atoms with E-state index >= 15 is 0 Å². The van der Waals surface area contributed by atoms with Crippen molar-refractivity contribution in [1.29, 1.82) is 0 Å². The minimum Gasteiger partial charge on any atom is -0.491 e. The molecule has 312 valence electrons. The van der Waals surface area contributed by atoms with Crippen LogP contribution in [0.3, 0.4) is 0 Å². The number of likely N-dealkylation sites (tertiary alicyclic amines) is 1. The fourth-order valence-electron chi connectivity index (χ4n) is 7.27. The summed E-state index contributed by atoms with van der Waals surface area (Å²) in [6, 6.07) is 11.7. The molecule has 59 heavy (non-hydrogen) atoms. The van der Waals surface area contributed by atoms with Crippen LogP contribution in [0.15, 0.2) is 66.7 Å². The van der Waals surface area contributed by atoms with Crippen LogP contribution in [0.1, 0.15) is 45.5 Å². The number of rotatable bonds is 6. The van der Waals surface area contributed by atoms with Gasteiger partial charge in [-0.05, 0) is 73.5 Å². The Kier molecular flexibility index (Phi) is 12.1. The Balaban J connectivity index is 1.35. The number of ether oxygens (including phenoxy) is 1. The number of alkyl halides is 3. The van der Waals surface area contributed by atoms with E-state index in [1.165, 1.54) is 42.3 Å². The Bertz CT molecular complexity index is 2190. The number of halogens is 5. The van der Waals surface area contributed by atoms with Crippen molar-refractivity contribution in [2.24, 2.45) is 5.41 Å². The van der Waals surface area contributed by atoms with Crippen LogP contribution in [-0.4, -0.2) is 124 Å². The van der Waals surface area contributed by atoms with Crippen LogP contribution in [0.4, 0.5) is 18.9 Å². The lowest BCUT2D eigenvalue weighted by Crippen LogP contribution is -2.68. The van der Waals surface area contributed by atoms with Gasteiger partial charge in [-0.2, -0.15) is 13.2 Å². The number of carboxylic acid groups (broad SMARTS) is 2. The maximum atomic E-state index is 14.3. The van der Waals surface area contributed by atoms with Gasteiger partial charge in [-0.3, -0.25) is 33.6 Å². The van der Waals surface area contributed by atoms with Gasteiger partial charge < -0.3 is 39.9 Å². The van der Waals surface area contributed by atoms with Gasteiger partial charge in [-0.1, -0.05) is 29.3 Å². The molecule has 0 radical (unpaired) electrons. The topological polar surface area (TPSA) is 194 Å². The van der Waals surface area contributed by atoms with Gasteiger partial charge in [-0.25, -0.2) is 0 Å². The molecule has 0 aromatic heterocycles. The second-order valence-corrected chi connectivity index (χ2v) is 15.3. The van der Waals surface area contributed by atoms with E-state index in [2.05, 4.69) is 5.32 Å². The molecule has 3 atom stereocenters. The first-order chi connectivity index (χ1) is 27.8. The summed E-state index contributed by atoms with van der Waals surface area (Å²) in [4.78, 5) is 97.0. The number of benzene rings is 3. The quantitative estimate of drug-likeness (QED) is 0.305. The molecule has 3 aromatic carbocycles. The normalized spacial score (nSPS) is 21.3. The first-order valence-corrected chi connectivity index (χ1v) is 18.8. The molecule has 3 aromatic rings. The summed E-state index contributed by atoms with van der Waals surface area (Å²) in [5.41, 5.74) is -3.63. The number of hydrogen-bond acceptors (Lipinski definition) is 8. The molecule has 4 heterocycles. The highest BCUT2D eigenvalue weighted by atomic mass is 35.5. The smallest absolute Gasteiger partial charge is 0.417 e. The number of anilines is 1. The Morgan fingerprint density at radius 2 is 1.59 bits per heavy atom. The van der Waals surface area contributed by atoms with Crippen molar-refractivity contribution in [3.63, 3.8) is 0 Å². The zero-order valence-electron chi connectivity index (χ0n) is 31.1. The van der Waals surface area contributed by atoms with Gasteiger partial charge in [0.25, 0.3) is 11.8 Å². The monoisotopic (exact) mass is 861 g/mol. The Morgan fingerprint density at radius 1 is 0.915 bits per heavy atom. The number of nitrogens with zero attached hydrogens (tertiary/aromatic N) is 4. The van der Waals surface area contributed by atoms with E-state index in [0.29, 0.717) is 11.1 Å². The van der Waals surface area contributed by atoms with Crippen molar-refractivity contribution in [2.75, 3.05) is 44.7 Å². The third kappa shape index (κ3) is 8.92. The molecular weight excluding hydrogens is 826 g/mol. The van der Waals surface area contributed by atoms with E-state index in [4.69, 9.17) is 27.9 Å². The van der Waals surface area contributed by atoms with Gasteiger partial charge >= 0.3 is 18.1 Å². The number of aliphatic carboxylic acids is 2. The van der Waals surface area contributed by atoms with Gasteiger partial charge in [0.1, 0.15) is 24.9 Å². The molecular formula is C39H36Cl2F3N5O10. The fourth-order valence-corrected chi connectivity index (χ4v) is 7.69. The zero-order valence-corrected chi connectivity index (χ0v) is 32.6. The van der Waals surface area contributed by atoms with Crippen molar-refractivity contribution in [1.82, 2.24) is 20.0 Å². The molecule has 15 nitrogen and oxygen atoms in total. The second-order valence-electron chi connectivity index (χ2n) is 14.5. The summed E-state index contributed by atoms with van der Waals surface area (Å²) in [6.07, 6.45) is -5.89. The summed E-state index contributed by atoms with van der Waals surface area (Å²) in [5.74, 6) is -6.83. The molecule has 5 amide bonds. The van der Waals surface area contributed by atoms with Crippen LogP contribution in [0.2, 0.25) is 10.0 Å². The number of carboxylic acids is 2. The molecule has 2 bridgehead atoms. The number of carbonyl (C=O) groups is 7. The van der Waals surface area contributed by atoms with Crippen LogP contribution in [0.5, 0.6) is 5.75 Å². The maximum Gasteiger partial charge on any atom is 0.417 e. The summed E-state index contributed by atoms with van der Waals surface area (Å²) < 4.78 is 48.2. The highest BCUT2D eigenvalue weighted by molar-refractivity contribution is 6.31. The molecule has 0 spiro atoms. The van der Waals surface area contributed by atoms with Crippen LogP contribution >= 0.6 is 23.2 Å². The molecule has 4 aliphatic heterocycles. The van der Waals surface area contributed by atoms with Gasteiger partial charge in [0.2, 0.25) is 17.7 Å². The van der Waals surface area contributed by atoms with Gasteiger partial charge in [0, 0.05) is 61.0 Å². The summed E-state index contributed by atoms with van der Waals surface area (Å²) in [6.45, 7) is -2.49. The van der Waals surface area contributed by atoms with E-state index in [1.54, 1.807) is 18.2 Å². The minimum atomic E-state index is -4.96. The molecule has 3 N–H and O–H groups in total. The van der Waals surface area contributed by atoms with E-state index in [1.807, 2.05) is 0 Å². The van der Waals surface area contributed by atoms with Crippen molar-refractivity contribution in [3.8, 4) is 5.75 Å². The fraction of sp³-hybridized carbons (Fsp3) is 0.359. The van der Waals surface area contributed by atoms with E-state index in [-0.39, 0.29) is 42.1 Å². The lowest BCUT2D eigenvalue weighted by atomic mass is 9.79. The highest BCUT2D eigenvalue weighted by Gasteiger charge is 2.58.